The van der Waals surface area contributed by atoms with Crippen LogP contribution in [0.4, 0.5) is 9.59 Å². The van der Waals surface area contributed by atoms with Crippen molar-refractivity contribution in [2.24, 2.45) is 5.92 Å². The highest BCUT2D eigenvalue weighted by Gasteiger charge is 2.39. The number of benzene rings is 3. The topological polar surface area (TPSA) is 175 Å². The van der Waals surface area contributed by atoms with E-state index >= 15 is 0 Å². The van der Waals surface area contributed by atoms with Gasteiger partial charge in [-0.25, -0.2) is 19.6 Å². The van der Waals surface area contributed by atoms with Crippen LogP contribution in [0.3, 0.4) is 0 Å². The van der Waals surface area contributed by atoms with Gasteiger partial charge in [0.15, 0.2) is 0 Å². The molecule has 0 radical (unpaired) electrons. The summed E-state index contributed by atoms with van der Waals surface area (Å²) in [5.74, 6) is 0.975. The van der Waals surface area contributed by atoms with Gasteiger partial charge in [-0.2, -0.15) is 0 Å². The third-order valence-electron chi connectivity index (χ3n) is 11.4. The minimum Gasteiger partial charge on any atom is -0.453 e. The number of imidazole rings is 2. The summed E-state index contributed by atoms with van der Waals surface area (Å²) in [5.41, 5.74) is 5.38. The number of amides is 4. The zero-order chi connectivity index (χ0) is 41.9. The first-order chi connectivity index (χ1) is 29.1. The summed E-state index contributed by atoms with van der Waals surface area (Å²) >= 11 is 1.71. The molecule has 5 heterocycles. The predicted molar refractivity (Wildman–Crippen MR) is 229 cm³/mol. The molecule has 0 bridgehead atoms. The van der Waals surface area contributed by atoms with Gasteiger partial charge in [0.2, 0.25) is 5.91 Å². The molecule has 2 aliphatic rings. The number of hydrogen-bond acceptors (Lipinski definition) is 9. The maximum atomic E-state index is 13.9. The molecule has 3 aromatic carbocycles. The highest BCUT2D eigenvalue weighted by molar-refractivity contribution is 7.22. The van der Waals surface area contributed by atoms with Crippen molar-refractivity contribution in [2.45, 2.75) is 63.7 Å². The number of thiophene rings is 1. The van der Waals surface area contributed by atoms with Crippen LogP contribution in [-0.2, 0) is 19.1 Å². The van der Waals surface area contributed by atoms with Gasteiger partial charge >= 0.3 is 12.2 Å². The number of ether oxygens (including phenoxy) is 2. The Morgan fingerprint density at radius 3 is 2.13 bits per heavy atom. The molecule has 60 heavy (non-hydrogen) atoms. The van der Waals surface area contributed by atoms with Gasteiger partial charge in [-0.15, -0.1) is 11.3 Å². The standard InChI is InChI=1S/C45H48N8O6S/c1-26(2)38(50-44(56)58-3)42(54)52-20-8-12-34(52)41-47-25-33(49-41)30-18-19-31-23-36(60-37(31)22-30)28-16-14-27(15-17-28)32-24-46-40(48-32)35-13-9-21-53(35)43(55)39(51-45(57)59-4)29-10-6-5-7-11-29/h5-7,10-11,14-19,22-26,34-35,38-39H,8-9,12-13,20-21H2,1-4H3,(H,46,48)(H,47,49)(H,50,56)(H,51,57)/t34-,35?,38-,39+/m0/s1. The SMILES string of the molecule is COC(=O)N[C@H](C(=O)N1CCC[C@H]1c1nc(-c2ccc3cc(-c4ccc(-c5cnc(C6CCCN6C(=O)[C@H](NC(=O)OC)c6ccccc6)[nH]5)cc4)sc3c2)c[nH]1)C(C)C. The molecular weight excluding hydrogens is 781 g/mol. The molecule has 8 rings (SSSR count). The van der Waals surface area contributed by atoms with E-state index in [0.717, 1.165) is 74.5 Å². The first-order valence-electron chi connectivity index (χ1n) is 20.2. The minimum absolute atomic E-state index is 0.108. The summed E-state index contributed by atoms with van der Waals surface area (Å²) < 4.78 is 10.7. The van der Waals surface area contributed by atoms with Crippen LogP contribution in [0.25, 0.3) is 43.0 Å². The van der Waals surface area contributed by atoms with Crippen molar-refractivity contribution in [2.75, 3.05) is 27.3 Å². The van der Waals surface area contributed by atoms with Crippen LogP contribution in [0.5, 0.6) is 0 Å². The fourth-order valence-corrected chi connectivity index (χ4v) is 9.35. The van der Waals surface area contributed by atoms with Crippen LogP contribution in [0.15, 0.2) is 91.3 Å². The molecule has 14 nitrogen and oxygen atoms in total. The van der Waals surface area contributed by atoms with Crippen molar-refractivity contribution in [3.05, 3.63) is 108 Å². The third-order valence-corrected chi connectivity index (χ3v) is 12.6. The lowest BCUT2D eigenvalue weighted by molar-refractivity contribution is -0.135. The van der Waals surface area contributed by atoms with E-state index in [9.17, 15) is 19.2 Å². The first-order valence-corrected chi connectivity index (χ1v) is 21.0. The van der Waals surface area contributed by atoms with Crippen LogP contribution >= 0.6 is 11.3 Å². The van der Waals surface area contributed by atoms with Crippen LogP contribution < -0.4 is 10.6 Å². The second kappa shape index (κ2) is 17.4. The summed E-state index contributed by atoms with van der Waals surface area (Å²) in [4.78, 5) is 73.0. The van der Waals surface area contributed by atoms with Crippen LogP contribution in [0.1, 0.15) is 74.9 Å². The molecule has 1 unspecified atom stereocenters. The molecule has 0 saturated carbocycles. The highest BCUT2D eigenvalue weighted by atomic mass is 32.1. The summed E-state index contributed by atoms with van der Waals surface area (Å²) in [7, 11) is 2.57. The lowest BCUT2D eigenvalue weighted by Crippen LogP contribution is -2.51. The molecule has 0 spiro atoms. The van der Waals surface area contributed by atoms with Crippen molar-refractivity contribution in [1.82, 2.24) is 40.4 Å². The number of carbonyl (C=O) groups excluding carboxylic acids is 4. The zero-order valence-corrected chi connectivity index (χ0v) is 34.8. The molecule has 4 atom stereocenters. The number of rotatable bonds is 11. The van der Waals surface area contributed by atoms with Crippen molar-refractivity contribution in [3.8, 4) is 33.0 Å². The van der Waals surface area contributed by atoms with Gasteiger partial charge in [-0.3, -0.25) is 9.59 Å². The van der Waals surface area contributed by atoms with E-state index in [2.05, 4.69) is 69.1 Å². The number of likely N-dealkylation sites (tertiary alicyclic amines) is 2. The quantitative estimate of drug-likeness (QED) is 0.101. The Bertz CT molecular complexity index is 2500. The minimum atomic E-state index is -0.880. The average Bonchev–Trinajstić information content (AvgIpc) is 4.13. The number of aromatic amines is 2. The van der Waals surface area contributed by atoms with E-state index in [1.165, 1.54) is 14.2 Å². The van der Waals surface area contributed by atoms with Gasteiger partial charge < -0.3 is 39.9 Å². The first kappa shape index (κ1) is 40.3. The van der Waals surface area contributed by atoms with Crippen molar-refractivity contribution in [3.63, 3.8) is 0 Å². The van der Waals surface area contributed by atoms with Crippen molar-refractivity contribution >= 4 is 45.4 Å². The fourth-order valence-electron chi connectivity index (χ4n) is 8.24. The normalized spacial score (nSPS) is 17.5. The number of H-pyrrole nitrogens is 2. The summed E-state index contributed by atoms with van der Waals surface area (Å²) in [6, 6.07) is 24.0. The van der Waals surface area contributed by atoms with E-state index in [1.807, 2.05) is 55.3 Å². The van der Waals surface area contributed by atoms with E-state index in [1.54, 1.807) is 22.4 Å². The van der Waals surface area contributed by atoms with Gasteiger partial charge in [0.05, 0.1) is 43.9 Å². The molecular formula is C45H48N8O6S. The number of nitrogens with one attached hydrogen (secondary N) is 4. The monoisotopic (exact) mass is 828 g/mol. The van der Waals surface area contributed by atoms with Gasteiger partial charge in [0.25, 0.3) is 5.91 Å². The maximum Gasteiger partial charge on any atom is 0.407 e. The lowest BCUT2D eigenvalue weighted by atomic mass is 10.0. The molecule has 3 aromatic heterocycles. The zero-order valence-electron chi connectivity index (χ0n) is 33.9. The number of methoxy groups -OCH3 is 2. The van der Waals surface area contributed by atoms with Crippen molar-refractivity contribution < 1.29 is 28.7 Å². The Morgan fingerprint density at radius 2 is 1.43 bits per heavy atom. The summed E-state index contributed by atoms with van der Waals surface area (Å²) in [5, 5.41) is 6.56. The van der Waals surface area contributed by atoms with Gasteiger partial charge in [-0.1, -0.05) is 80.6 Å². The third kappa shape index (κ3) is 8.21. The molecule has 15 heteroatoms. The number of aromatic nitrogens is 4. The van der Waals surface area contributed by atoms with Crippen LogP contribution in [0.2, 0.25) is 0 Å². The number of nitrogens with zero attached hydrogens (tertiary/aromatic N) is 4. The van der Waals surface area contributed by atoms with Crippen molar-refractivity contribution in [1.29, 1.82) is 0 Å². The molecule has 310 valence electrons. The van der Waals surface area contributed by atoms with E-state index in [-0.39, 0.29) is 29.8 Å². The maximum absolute atomic E-state index is 13.9. The van der Waals surface area contributed by atoms with Crippen LogP contribution in [-0.4, -0.2) is 87.1 Å². The molecule has 4 amide bonds. The number of alkyl carbamates (subject to hydrolysis) is 2. The van der Waals surface area contributed by atoms with E-state index in [0.29, 0.717) is 24.5 Å². The fraction of sp³-hybridized carbons (Fsp3) is 0.333. The second-order valence-corrected chi connectivity index (χ2v) is 16.6. The molecule has 2 aliphatic heterocycles. The second-order valence-electron chi connectivity index (χ2n) is 15.5. The van der Waals surface area contributed by atoms with Gasteiger partial charge in [0.1, 0.15) is 23.7 Å². The Labute approximate surface area is 351 Å². The number of hydrogen-bond donors (Lipinski definition) is 4. The largest absolute Gasteiger partial charge is 0.453 e. The Kier molecular flexibility index (Phi) is 11.7. The van der Waals surface area contributed by atoms with E-state index < -0.39 is 24.3 Å². The molecule has 2 fully saturated rings. The summed E-state index contributed by atoms with van der Waals surface area (Å²) in [6.45, 7) is 4.96. The molecule has 2 saturated heterocycles. The molecule has 4 N–H and O–H groups in total. The Morgan fingerprint density at radius 1 is 0.783 bits per heavy atom. The van der Waals surface area contributed by atoms with Gasteiger partial charge in [0, 0.05) is 34.4 Å². The predicted octanol–water partition coefficient (Wildman–Crippen LogP) is 8.15. The number of carbonyl (C=O) groups is 4. The van der Waals surface area contributed by atoms with E-state index in [4.69, 9.17) is 19.4 Å². The van der Waals surface area contributed by atoms with Gasteiger partial charge in [-0.05, 0) is 65.8 Å². The lowest BCUT2D eigenvalue weighted by Gasteiger charge is -2.29. The molecule has 6 aromatic rings. The highest BCUT2D eigenvalue weighted by Crippen LogP contribution is 2.39. The molecule has 0 aliphatic carbocycles. The smallest absolute Gasteiger partial charge is 0.407 e. The Hall–Kier alpha value is -6.48. The number of fused-ring (bicyclic) bond motifs is 1. The van der Waals surface area contributed by atoms with Crippen LogP contribution in [0, 0.1) is 5.92 Å². The average molecular weight is 829 g/mol. The summed E-state index contributed by atoms with van der Waals surface area (Å²) in [6.07, 6.45) is 5.61. The Balaban J connectivity index is 0.951.